The summed E-state index contributed by atoms with van der Waals surface area (Å²) >= 11 is 1.59. The fourth-order valence-electron chi connectivity index (χ4n) is 1.64. The number of rotatable bonds is 6. The number of nitrogens with zero attached hydrogens (tertiary/aromatic N) is 1. The summed E-state index contributed by atoms with van der Waals surface area (Å²) < 4.78 is 28.3. The van der Waals surface area contributed by atoms with Crippen LogP contribution in [0.4, 0.5) is 8.78 Å². The Labute approximate surface area is 114 Å². The van der Waals surface area contributed by atoms with Crippen LogP contribution >= 0.6 is 11.3 Å². The molecule has 0 fully saturated rings. The van der Waals surface area contributed by atoms with Gasteiger partial charge in [-0.3, -0.25) is 4.98 Å². The highest BCUT2D eigenvalue weighted by Crippen LogP contribution is 2.19. The van der Waals surface area contributed by atoms with E-state index < -0.39 is 6.61 Å². The van der Waals surface area contributed by atoms with Gasteiger partial charge in [0.25, 0.3) is 0 Å². The van der Waals surface area contributed by atoms with Crippen molar-refractivity contribution < 1.29 is 13.5 Å². The number of hydrogen-bond acceptors (Lipinski definition) is 4. The minimum Gasteiger partial charge on any atom is -0.435 e. The minimum absolute atomic E-state index is 0.127. The zero-order valence-corrected chi connectivity index (χ0v) is 11.2. The molecular formula is C13H14F2N2OS. The van der Waals surface area contributed by atoms with Crippen molar-refractivity contribution in [2.45, 2.75) is 26.1 Å². The number of ether oxygens (including phenoxy) is 1. The maximum Gasteiger partial charge on any atom is 0.387 e. The standard InChI is InChI=1S/C13H14F2N2OS/c1-9(17-7-12-6-16-8-19-12)10-2-4-11(5-3-10)18-13(14)15/h2-6,8-9,13,17H,7H2,1H3. The maximum absolute atomic E-state index is 12.0. The van der Waals surface area contributed by atoms with Crippen LogP contribution in [0.5, 0.6) is 5.75 Å². The second-order valence-electron chi connectivity index (χ2n) is 4.02. The van der Waals surface area contributed by atoms with Crippen LogP contribution in [0.15, 0.2) is 36.0 Å². The fraction of sp³-hybridized carbons (Fsp3) is 0.308. The quantitative estimate of drug-likeness (QED) is 0.880. The topological polar surface area (TPSA) is 34.2 Å². The van der Waals surface area contributed by atoms with Crippen LogP contribution in [0, 0.1) is 0 Å². The average molecular weight is 284 g/mol. The number of aromatic nitrogens is 1. The predicted molar refractivity (Wildman–Crippen MR) is 70.4 cm³/mol. The lowest BCUT2D eigenvalue weighted by Crippen LogP contribution is -2.17. The largest absolute Gasteiger partial charge is 0.435 e. The lowest BCUT2D eigenvalue weighted by atomic mass is 10.1. The van der Waals surface area contributed by atoms with Crippen molar-refractivity contribution in [3.63, 3.8) is 0 Å². The first-order valence-electron chi connectivity index (χ1n) is 5.80. The van der Waals surface area contributed by atoms with Gasteiger partial charge in [0.05, 0.1) is 5.51 Å². The van der Waals surface area contributed by atoms with Gasteiger partial charge in [-0.05, 0) is 24.6 Å². The normalized spacial score (nSPS) is 12.6. The molecule has 0 amide bonds. The number of nitrogens with one attached hydrogen (secondary N) is 1. The Balaban J connectivity index is 1.90. The molecule has 1 atom stereocenters. The van der Waals surface area contributed by atoms with Gasteiger partial charge in [-0.1, -0.05) is 12.1 Å². The van der Waals surface area contributed by atoms with E-state index in [9.17, 15) is 8.78 Å². The van der Waals surface area contributed by atoms with Gasteiger partial charge in [-0.2, -0.15) is 8.78 Å². The third-order valence-electron chi connectivity index (χ3n) is 2.67. The molecule has 0 bridgehead atoms. The van der Waals surface area contributed by atoms with E-state index in [0.717, 1.165) is 17.0 Å². The van der Waals surface area contributed by atoms with Gasteiger partial charge in [-0.25, -0.2) is 0 Å². The minimum atomic E-state index is -2.78. The molecule has 0 saturated carbocycles. The van der Waals surface area contributed by atoms with Crippen LogP contribution in [0.2, 0.25) is 0 Å². The third kappa shape index (κ3) is 4.25. The zero-order valence-electron chi connectivity index (χ0n) is 10.3. The highest BCUT2D eigenvalue weighted by Gasteiger charge is 2.07. The van der Waals surface area contributed by atoms with Crippen molar-refractivity contribution in [2.24, 2.45) is 0 Å². The van der Waals surface area contributed by atoms with Crippen LogP contribution < -0.4 is 10.1 Å². The highest BCUT2D eigenvalue weighted by atomic mass is 32.1. The van der Waals surface area contributed by atoms with Gasteiger partial charge in [0, 0.05) is 23.7 Å². The van der Waals surface area contributed by atoms with Gasteiger partial charge in [0.2, 0.25) is 0 Å². The van der Waals surface area contributed by atoms with Crippen molar-refractivity contribution in [3.05, 3.63) is 46.4 Å². The monoisotopic (exact) mass is 284 g/mol. The van der Waals surface area contributed by atoms with E-state index in [1.54, 1.807) is 41.1 Å². The molecule has 1 unspecified atom stereocenters. The number of alkyl halides is 2. The van der Waals surface area contributed by atoms with Crippen molar-refractivity contribution in [1.29, 1.82) is 0 Å². The Kier molecular flexibility index (Phi) is 4.81. The highest BCUT2D eigenvalue weighted by molar-refractivity contribution is 7.09. The van der Waals surface area contributed by atoms with E-state index in [-0.39, 0.29) is 11.8 Å². The van der Waals surface area contributed by atoms with Gasteiger partial charge in [0.1, 0.15) is 5.75 Å². The van der Waals surface area contributed by atoms with Crippen molar-refractivity contribution in [2.75, 3.05) is 0 Å². The van der Waals surface area contributed by atoms with E-state index in [2.05, 4.69) is 15.0 Å². The van der Waals surface area contributed by atoms with Gasteiger partial charge in [-0.15, -0.1) is 11.3 Å². The summed E-state index contributed by atoms with van der Waals surface area (Å²) in [6.07, 6.45) is 1.82. The summed E-state index contributed by atoms with van der Waals surface area (Å²) in [4.78, 5) is 5.16. The first-order chi connectivity index (χ1) is 9.15. The summed E-state index contributed by atoms with van der Waals surface area (Å²) in [5.41, 5.74) is 2.81. The number of hydrogen-bond donors (Lipinski definition) is 1. The molecular weight excluding hydrogens is 270 g/mol. The number of benzene rings is 1. The molecule has 102 valence electrons. The smallest absolute Gasteiger partial charge is 0.387 e. The molecule has 0 aliphatic heterocycles. The van der Waals surface area contributed by atoms with Crippen LogP contribution in [-0.2, 0) is 6.54 Å². The Hall–Kier alpha value is -1.53. The van der Waals surface area contributed by atoms with Gasteiger partial charge < -0.3 is 10.1 Å². The molecule has 2 rings (SSSR count). The van der Waals surface area contributed by atoms with Crippen LogP contribution in [-0.4, -0.2) is 11.6 Å². The van der Waals surface area contributed by atoms with E-state index in [1.807, 2.05) is 13.1 Å². The Morgan fingerprint density at radius 3 is 2.63 bits per heavy atom. The molecule has 1 N–H and O–H groups in total. The Morgan fingerprint density at radius 1 is 1.32 bits per heavy atom. The summed E-state index contributed by atoms with van der Waals surface area (Å²) in [5.74, 6) is 0.174. The fourth-order valence-corrected chi connectivity index (χ4v) is 2.18. The Bertz CT molecular complexity index is 488. The molecule has 0 spiro atoms. The Morgan fingerprint density at radius 2 is 2.05 bits per heavy atom. The molecule has 6 heteroatoms. The SMILES string of the molecule is CC(NCc1cncs1)c1ccc(OC(F)F)cc1. The molecule has 0 radical (unpaired) electrons. The first-order valence-corrected chi connectivity index (χ1v) is 6.68. The van der Waals surface area contributed by atoms with Gasteiger partial charge >= 0.3 is 6.61 Å². The summed E-state index contributed by atoms with van der Waals surface area (Å²) in [6, 6.07) is 6.78. The molecule has 1 aromatic heterocycles. The second kappa shape index (κ2) is 6.58. The maximum atomic E-state index is 12.0. The average Bonchev–Trinajstić information content (AvgIpc) is 2.89. The van der Waals surface area contributed by atoms with Crippen molar-refractivity contribution in [1.82, 2.24) is 10.3 Å². The summed E-state index contributed by atoms with van der Waals surface area (Å²) in [5, 5.41) is 3.34. The predicted octanol–water partition coefficient (Wildman–Crippen LogP) is 3.60. The molecule has 1 heterocycles. The van der Waals surface area contributed by atoms with Crippen molar-refractivity contribution >= 4 is 11.3 Å². The molecule has 0 aliphatic carbocycles. The first kappa shape index (κ1) is 13.9. The van der Waals surface area contributed by atoms with Crippen LogP contribution in [0.1, 0.15) is 23.4 Å². The molecule has 1 aromatic carbocycles. The van der Waals surface area contributed by atoms with Gasteiger partial charge in [0.15, 0.2) is 0 Å². The lowest BCUT2D eigenvalue weighted by Gasteiger charge is -2.14. The molecule has 0 aliphatic rings. The molecule has 0 saturated heterocycles. The van der Waals surface area contributed by atoms with Crippen molar-refractivity contribution in [3.8, 4) is 5.75 Å². The molecule has 19 heavy (non-hydrogen) atoms. The summed E-state index contributed by atoms with van der Waals surface area (Å²) in [7, 11) is 0. The number of halogens is 2. The van der Waals surface area contributed by atoms with Crippen LogP contribution in [0.25, 0.3) is 0 Å². The van der Waals surface area contributed by atoms with E-state index in [1.165, 1.54) is 0 Å². The molecule has 2 aromatic rings. The molecule has 3 nitrogen and oxygen atoms in total. The summed E-state index contributed by atoms with van der Waals surface area (Å²) in [6.45, 7) is -0.0294. The number of thiazole rings is 1. The van der Waals surface area contributed by atoms with E-state index in [0.29, 0.717) is 0 Å². The second-order valence-corrected chi connectivity index (χ2v) is 4.99. The van der Waals surface area contributed by atoms with Crippen LogP contribution in [0.3, 0.4) is 0 Å². The van der Waals surface area contributed by atoms with E-state index >= 15 is 0 Å². The lowest BCUT2D eigenvalue weighted by molar-refractivity contribution is -0.0498. The third-order valence-corrected chi connectivity index (χ3v) is 3.45. The van der Waals surface area contributed by atoms with E-state index in [4.69, 9.17) is 0 Å². The zero-order chi connectivity index (χ0) is 13.7.